The van der Waals surface area contributed by atoms with Gasteiger partial charge < -0.3 is 19.6 Å². The van der Waals surface area contributed by atoms with Gasteiger partial charge in [0.25, 0.3) is 0 Å². The molecule has 2 amide bonds. The van der Waals surface area contributed by atoms with Crippen molar-refractivity contribution >= 4 is 17.5 Å². The Bertz CT molecular complexity index is 610. The van der Waals surface area contributed by atoms with E-state index in [0.29, 0.717) is 19.5 Å². The SMILES string of the molecule is CC(=O)N(CCC(=O)N1CCN(c2cccc(C)c2)CC1)CCN(C)C. The Morgan fingerprint density at radius 2 is 1.73 bits per heavy atom. The van der Waals surface area contributed by atoms with Crippen molar-refractivity contribution < 1.29 is 9.59 Å². The second-order valence-corrected chi connectivity index (χ2v) is 7.27. The maximum atomic E-state index is 12.5. The van der Waals surface area contributed by atoms with E-state index in [4.69, 9.17) is 0 Å². The average Bonchev–Trinajstić information content (AvgIpc) is 2.61. The zero-order valence-electron chi connectivity index (χ0n) is 16.6. The van der Waals surface area contributed by atoms with Gasteiger partial charge in [0, 0.05) is 64.8 Å². The second-order valence-electron chi connectivity index (χ2n) is 7.27. The van der Waals surface area contributed by atoms with Crippen molar-refractivity contribution in [1.82, 2.24) is 14.7 Å². The fraction of sp³-hybridized carbons (Fsp3) is 0.600. The maximum absolute atomic E-state index is 12.5. The van der Waals surface area contributed by atoms with E-state index in [1.165, 1.54) is 11.3 Å². The first kappa shape index (κ1) is 20.2. The molecule has 1 fully saturated rings. The smallest absolute Gasteiger partial charge is 0.224 e. The number of hydrogen-bond donors (Lipinski definition) is 0. The number of piperazine rings is 1. The van der Waals surface area contributed by atoms with Crippen LogP contribution in [0.4, 0.5) is 5.69 Å². The van der Waals surface area contributed by atoms with E-state index in [1.807, 2.05) is 23.9 Å². The van der Waals surface area contributed by atoms with E-state index in [-0.39, 0.29) is 11.8 Å². The average molecular weight is 361 g/mol. The summed E-state index contributed by atoms with van der Waals surface area (Å²) in [4.78, 5) is 32.3. The summed E-state index contributed by atoms with van der Waals surface area (Å²) in [5.74, 6) is 0.175. The Balaban J connectivity index is 1.79. The van der Waals surface area contributed by atoms with Gasteiger partial charge in [-0.2, -0.15) is 0 Å². The fourth-order valence-electron chi connectivity index (χ4n) is 3.17. The minimum atomic E-state index is 0.0314. The number of rotatable bonds is 7. The van der Waals surface area contributed by atoms with Crippen LogP contribution in [0, 0.1) is 6.92 Å². The summed E-state index contributed by atoms with van der Waals surface area (Å²) >= 11 is 0. The van der Waals surface area contributed by atoms with Crippen molar-refractivity contribution in [3.63, 3.8) is 0 Å². The van der Waals surface area contributed by atoms with Crippen LogP contribution in [0.3, 0.4) is 0 Å². The lowest BCUT2D eigenvalue weighted by Gasteiger charge is -2.36. The summed E-state index contributed by atoms with van der Waals surface area (Å²) in [6.07, 6.45) is 0.400. The third kappa shape index (κ3) is 6.02. The Labute approximate surface area is 157 Å². The maximum Gasteiger partial charge on any atom is 0.224 e. The van der Waals surface area contributed by atoms with Gasteiger partial charge in [-0.1, -0.05) is 12.1 Å². The van der Waals surface area contributed by atoms with E-state index in [0.717, 1.165) is 32.7 Å². The molecule has 1 saturated heterocycles. The van der Waals surface area contributed by atoms with Crippen LogP contribution in [0.25, 0.3) is 0 Å². The zero-order chi connectivity index (χ0) is 19.1. The van der Waals surface area contributed by atoms with Crippen molar-refractivity contribution in [1.29, 1.82) is 0 Å². The molecule has 0 aliphatic carbocycles. The van der Waals surface area contributed by atoms with Crippen molar-refractivity contribution in [3.8, 4) is 0 Å². The molecule has 1 heterocycles. The Hall–Kier alpha value is -2.08. The topological polar surface area (TPSA) is 47.1 Å². The predicted molar refractivity (Wildman–Crippen MR) is 105 cm³/mol. The third-order valence-electron chi connectivity index (χ3n) is 4.86. The Kier molecular flexibility index (Phi) is 7.45. The summed E-state index contributed by atoms with van der Waals surface area (Å²) in [5.41, 5.74) is 2.48. The highest BCUT2D eigenvalue weighted by molar-refractivity contribution is 5.78. The number of benzene rings is 1. The summed E-state index contributed by atoms with van der Waals surface area (Å²) in [7, 11) is 3.97. The Morgan fingerprint density at radius 1 is 1.04 bits per heavy atom. The van der Waals surface area contributed by atoms with Crippen LogP contribution >= 0.6 is 0 Å². The number of carbonyl (C=O) groups is 2. The quantitative estimate of drug-likeness (QED) is 0.738. The first-order valence-corrected chi connectivity index (χ1v) is 9.36. The van der Waals surface area contributed by atoms with E-state index >= 15 is 0 Å². The first-order chi connectivity index (χ1) is 12.4. The molecule has 0 bridgehead atoms. The standard InChI is InChI=1S/C20H32N4O2/c1-17-6-5-7-19(16-17)23-12-14-24(15-13-23)20(26)8-9-22(18(2)25)11-10-21(3)4/h5-7,16H,8-15H2,1-4H3. The van der Waals surface area contributed by atoms with Gasteiger partial charge in [-0.05, 0) is 38.7 Å². The minimum Gasteiger partial charge on any atom is -0.368 e. The molecule has 6 heteroatoms. The number of amides is 2. The van der Waals surface area contributed by atoms with Crippen LogP contribution in [-0.2, 0) is 9.59 Å². The highest BCUT2D eigenvalue weighted by Gasteiger charge is 2.22. The Morgan fingerprint density at radius 3 is 2.31 bits per heavy atom. The van der Waals surface area contributed by atoms with Crippen LogP contribution < -0.4 is 4.90 Å². The van der Waals surface area contributed by atoms with Crippen LogP contribution in [0.15, 0.2) is 24.3 Å². The van der Waals surface area contributed by atoms with Crippen molar-refractivity contribution in [2.45, 2.75) is 20.3 Å². The number of carbonyl (C=O) groups excluding carboxylic acids is 2. The lowest BCUT2D eigenvalue weighted by molar-refractivity contribution is -0.133. The molecule has 6 nitrogen and oxygen atoms in total. The van der Waals surface area contributed by atoms with Gasteiger partial charge in [-0.25, -0.2) is 0 Å². The molecular formula is C20H32N4O2. The largest absolute Gasteiger partial charge is 0.368 e. The van der Waals surface area contributed by atoms with Crippen molar-refractivity contribution in [3.05, 3.63) is 29.8 Å². The third-order valence-corrected chi connectivity index (χ3v) is 4.86. The number of anilines is 1. The molecule has 1 aliphatic rings. The molecule has 1 aliphatic heterocycles. The van der Waals surface area contributed by atoms with Gasteiger partial charge in [-0.15, -0.1) is 0 Å². The van der Waals surface area contributed by atoms with Crippen LogP contribution in [-0.4, -0.2) is 86.4 Å². The highest BCUT2D eigenvalue weighted by Crippen LogP contribution is 2.18. The fourth-order valence-corrected chi connectivity index (χ4v) is 3.17. The number of nitrogens with zero attached hydrogens (tertiary/aromatic N) is 4. The van der Waals surface area contributed by atoms with E-state index in [1.54, 1.807) is 11.8 Å². The molecule has 2 rings (SSSR count). The van der Waals surface area contributed by atoms with Crippen LogP contribution in [0.2, 0.25) is 0 Å². The van der Waals surface area contributed by atoms with E-state index in [9.17, 15) is 9.59 Å². The van der Waals surface area contributed by atoms with Gasteiger partial charge in [0.05, 0.1) is 0 Å². The van der Waals surface area contributed by atoms with Gasteiger partial charge >= 0.3 is 0 Å². The molecule has 0 unspecified atom stereocenters. The first-order valence-electron chi connectivity index (χ1n) is 9.36. The molecule has 1 aromatic rings. The molecule has 1 aromatic carbocycles. The monoisotopic (exact) mass is 360 g/mol. The van der Waals surface area contributed by atoms with Gasteiger partial charge in [0.1, 0.15) is 0 Å². The summed E-state index contributed by atoms with van der Waals surface area (Å²) < 4.78 is 0. The van der Waals surface area contributed by atoms with Crippen LogP contribution in [0.1, 0.15) is 18.9 Å². The molecule has 0 aromatic heterocycles. The molecule has 0 spiro atoms. The highest BCUT2D eigenvalue weighted by atomic mass is 16.2. The zero-order valence-corrected chi connectivity index (χ0v) is 16.6. The van der Waals surface area contributed by atoms with Gasteiger partial charge in [0.15, 0.2) is 0 Å². The van der Waals surface area contributed by atoms with Crippen molar-refractivity contribution in [2.24, 2.45) is 0 Å². The number of hydrogen-bond acceptors (Lipinski definition) is 4. The van der Waals surface area contributed by atoms with E-state index in [2.05, 4.69) is 36.1 Å². The lowest BCUT2D eigenvalue weighted by atomic mass is 10.2. The second kappa shape index (κ2) is 9.57. The molecule has 0 radical (unpaired) electrons. The van der Waals surface area contributed by atoms with Gasteiger partial charge in [0.2, 0.25) is 11.8 Å². The number of likely N-dealkylation sites (N-methyl/N-ethyl adjacent to an activating group) is 1. The summed E-state index contributed by atoms with van der Waals surface area (Å²) in [6, 6.07) is 8.49. The number of aryl methyl sites for hydroxylation is 1. The lowest BCUT2D eigenvalue weighted by Crippen LogP contribution is -2.49. The van der Waals surface area contributed by atoms with Crippen molar-refractivity contribution in [2.75, 3.05) is 64.8 Å². The van der Waals surface area contributed by atoms with E-state index < -0.39 is 0 Å². The van der Waals surface area contributed by atoms with Gasteiger partial charge in [-0.3, -0.25) is 9.59 Å². The summed E-state index contributed by atoms with van der Waals surface area (Å²) in [5, 5.41) is 0. The van der Waals surface area contributed by atoms with Crippen LogP contribution in [0.5, 0.6) is 0 Å². The molecule has 0 saturated carbocycles. The minimum absolute atomic E-state index is 0.0314. The normalized spacial score (nSPS) is 14.7. The molecule has 26 heavy (non-hydrogen) atoms. The predicted octanol–water partition coefficient (Wildman–Crippen LogP) is 1.44. The molecular weight excluding hydrogens is 328 g/mol. The molecule has 144 valence electrons. The molecule has 0 atom stereocenters. The summed E-state index contributed by atoms with van der Waals surface area (Å²) in [6.45, 7) is 8.83. The molecule has 0 N–H and O–H groups in total.